The molecule has 0 atom stereocenters. The molecule has 2 aromatic rings. The molecule has 0 radical (unpaired) electrons. The molecule has 6 nitrogen and oxygen atoms in total. The molecule has 0 saturated carbocycles. The minimum atomic E-state index is -0.273. The summed E-state index contributed by atoms with van der Waals surface area (Å²) in [7, 11) is 1.48. The van der Waals surface area contributed by atoms with E-state index < -0.39 is 0 Å². The smallest absolute Gasteiger partial charge is 0.255 e. The van der Waals surface area contributed by atoms with Gasteiger partial charge in [-0.25, -0.2) is 0 Å². The lowest BCUT2D eigenvalue weighted by molar-refractivity contribution is 0.0951. The number of nitrogens with two attached hydrogens (primary N) is 1. The van der Waals surface area contributed by atoms with E-state index >= 15 is 0 Å². The van der Waals surface area contributed by atoms with E-state index in [0.29, 0.717) is 35.0 Å². The van der Waals surface area contributed by atoms with Crippen molar-refractivity contribution < 1.29 is 14.1 Å². The molecule has 23 heavy (non-hydrogen) atoms. The van der Waals surface area contributed by atoms with Gasteiger partial charge >= 0.3 is 0 Å². The molecule has 0 aliphatic rings. The Morgan fingerprint density at radius 3 is 2.70 bits per heavy atom. The number of carbonyl (C=O) groups is 1. The molecular formula is C15H19Cl2N3O3. The van der Waals surface area contributed by atoms with Crippen molar-refractivity contribution in [1.82, 2.24) is 10.5 Å². The molecule has 1 heterocycles. The van der Waals surface area contributed by atoms with Crippen molar-refractivity contribution in [3.8, 4) is 5.75 Å². The van der Waals surface area contributed by atoms with Crippen LogP contribution < -0.4 is 15.8 Å². The van der Waals surface area contributed by atoms with Crippen LogP contribution in [-0.4, -0.2) is 24.7 Å². The number of hydrogen-bond donors (Lipinski definition) is 2. The molecule has 2 rings (SSSR count). The van der Waals surface area contributed by atoms with Gasteiger partial charge in [-0.05, 0) is 26.3 Å². The van der Waals surface area contributed by atoms with E-state index in [9.17, 15) is 4.79 Å². The Morgan fingerprint density at radius 2 is 2.13 bits per heavy atom. The second-order valence-corrected chi connectivity index (χ2v) is 5.29. The van der Waals surface area contributed by atoms with Gasteiger partial charge in [0.25, 0.3) is 5.91 Å². The summed E-state index contributed by atoms with van der Waals surface area (Å²) in [6.07, 6.45) is 0.637. The summed E-state index contributed by atoms with van der Waals surface area (Å²) in [4.78, 5) is 12.3. The van der Waals surface area contributed by atoms with Crippen molar-refractivity contribution in [3.05, 3.63) is 39.7 Å². The van der Waals surface area contributed by atoms with Crippen LogP contribution in [0.1, 0.15) is 27.4 Å². The average molecular weight is 360 g/mol. The van der Waals surface area contributed by atoms with E-state index in [1.807, 2.05) is 13.8 Å². The number of nitrogen functional groups attached to an aromatic ring is 1. The Kier molecular flexibility index (Phi) is 6.72. The standard InChI is InChI=1S/C15H18ClN3O3.ClH/c1-8-10(9(2)22-19-8)4-5-18-15(20)11-6-12(16)13(17)7-14(11)21-3;/h6-7H,4-5,17H2,1-3H3,(H,18,20);1H. The molecule has 0 bridgehead atoms. The van der Waals surface area contributed by atoms with Gasteiger partial charge in [0.05, 0.1) is 29.1 Å². The van der Waals surface area contributed by atoms with Crippen LogP contribution >= 0.6 is 24.0 Å². The first-order valence-electron chi connectivity index (χ1n) is 6.77. The second kappa shape index (κ2) is 8.08. The molecule has 0 aliphatic heterocycles. The summed E-state index contributed by atoms with van der Waals surface area (Å²) in [5.74, 6) is 0.877. The van der Waals surface area contributed by atoms with Crippen LogP contribution in [0.25, 0.3) is 0 Å². The number of aromatic nitrogens is 1. The quantitative estimate of drug-likeness (QED) is 0.800. The number of methoxy groups -OCH3 is 1. The Bertz CT molecular complexity index is 682. The molecule has 126 valence electrons. The van der Waals surface area contributed by atoms with Crippen molar-refractivity contribution in [1.29, 1.82) is 0 Å². The fourth-order valence-corrected chi connectivity index (χ4v) is 2.33. The number of nitrogens with zero attached hydrogens (tertiary/aromatic N) is 1. The van der Waals surface area contributed by atoms with Crippen molar-refractivity contribution >= 4 is 35.6 Å². The highest BCUT2D eigenvalue weighted by atomic mass is 35.5. The van der Waals surface area contributed by atoms with Gasteiger partial charge in [-0.15, -0.1) is 12.4 Å². The fraction of sp³-hybridized carbons (Fsp3) is 0.333. The van der Waals surface area contributed by atoms with E-state index in [1.54, 1.807) is 0 Å². The lowest BCUT2D eigenvalue weighted by atomic mass is 10.1. The molecule has 0 saturated heterocycles. The third kappa shape index (κ3) is 4.30. The highest BCUT2D eigenvalue weighted by molar-refractivity contribution is 6.33. The van der Waals surface area contributed by atoms with Crippen LogP contribution in [0.5, 0.6) is 5.75 Å². The zero-order valence-electron chi connectivity index (χ0n) is 13.1. The molecule has 0 unspecified atom stereocenters. The minimum absolute atomic E-state index is 0. The largest absolute Gasteiger partial charge is 0.496 e. The highest BCUT2D eigenvalue weighted by Crippen LogP contribution is 2.28. The first-order chi connectivity index (χ1) is 10.4. The molecule has 1 aromatic heterocycles. The van der Waals surface area contributed by atoms with Crippen LogP contribution in [0.15, 0.2) is 16.7 Å². The monoisotopic (exact) mass is 359 g/mol. The van der Waals surface area contributed by atoms with E-state index in [-0.39, 0.29) is 18.3 Å². The predicted octanol–water partition coefficient (Wildman–Crippen LogP) is 2.93. The fourth-order valence-electron chi connectivity index (χ4n) is 2.17. The lowest BCUT2D eigenvalue weighted by Gasteiger charge is -2.11. The number of amides is 1. The van der Waals surface area contributed by atoms with Gasteiger partial charge in [0, 0.05) is 18.2 Å². The lowest BCUT2D eigenvalue weighted by Crippen LogP contribution is -2.26. The van der Waals surface area contributed by atoms with Gasteiger partial charge in [0.1, 0.15) is 11.5 Å². The van der Waals surface area contributed by atoms with Gasteiger partial charge in [0.15, 0.2) is 0 Å². The molecule has 0 fully saturated rings. The Morgan fingerprint density at radius 1 is 1.43 bits per heavy atom. The summed E-state index contributed by atoms with van der Waals surface area (Å²) < 4.78 is 10.3. The molecular weight excluding hydrogens is 341 g/mol. The molecule has 3 N–H and O–H groups in total. The Hall–Kier alpha value is -1.92. The first-order valence-corrected chi connectivity index (χ1v) is 7.14. The maximum atomic E-state index is 12.3. The number of benzene rings is 1. The number of anilines is 1. The van der Waals surface area contributed by atoms with E-state index in [1.165, 1.54) is 19.2 Å². The number of aryl methyl sites for hydroxylation is 2. The van der Waals surface area contributed by atoms with Crippen LogP contribution in [0.3, 0.4) is 0 Å². The Balaban J connectivity index is 0.00000264. The van der Waals surface area contributed by atoms with Gasteiger partial charge in [0.2, 0.25) is 0 Å². The van der Waals surface area contributed by atoms with Gasteiger partial charge < -0.3 is 20.3 Å². The zero-order chi connectivity index (χ0) is 16.3. The number of carbonyl (C=O) groups excluding carboxylic acids is 1. The predicted molar refractivity (Wildman–Crippen MR) is 91.7 cm³/mol. The van der Waals surface area contributed by atoms with E-state index in [4.69, 9.17) is 26.6 Å². The number of rotatable bonds is 5. The normalized spacial score (nSPS) is 10.1. The minimum Gasteiger partial charge on any atom is -0.496 e. The number of halogens is 2. The molecule has 1 aromatic carbocycles. The molecule has 0 aliphatic carbocycles. The van der Waals surface area contributed by atoms with Crippen molar-refractivity contribution in [3.63, 3.8) is 0 Å². The molecule has 1 amide bonds. The third-order valence-corrected chi connectivity index (χ3v) is 3.73. The summed E-state index contributed by atoms with van der Waals surface area (Å²) >= 11 is 5.96. The second-order valence-electron chi connectivity index (χ2n) is 4.88. The summed E-state index contributed by atoms with van der Waals surface area (Å²) in [5.41, 5.74) is 8.25. The van der Waals surface area contributed by atoms with E-state index in [2.05, 4.69) is 10.5 Å². The Labute approximate surface area is 145 Å². The number of hydrogen-bond acceptors (Lipinski definition) is 5. The maximum absolute atomic E-state index is 12.3. The molecule has 8 heteroatoms. The van der Waals surface area contributed by atoms with Crippen LogP contribution in [-0.2, 0) is 6.42 Å². The van der Waals surface area contributed by atoms with Gasteiger partial charge in [-0.1, -0.05) is 16.8 Å². The highest BCUT2D eigenvalue weighted by Gasteiger charge is 2.15. The summed E-state index contributed by atoms with van der Waals surface area (Å²) in [6.45, 7) is 4.17. The van der Waals surface area contributed by atoms with Gasteiger partial charge in [-0.2, -0.15) is 0 Å². The zero-order valence-corrected chi connectivity index (χ0v) is 14.7. The van der Waals surface area contributed by atoms with Crippen molar-refractivity contribution in [2.75, 3.05) is 19.4 Å². The molecule has 0 spiro atoms. The third-order valence-electron chi connectivity index (χ3n) is 3.41. The van der Waals surface area contributed by atoms with E-state index in [0.717, 1.165) is 17.0 Å². The van der Waals surface area contributed by atoms with Gasteiger partial charge in [-0.3, -0.25) is 4.79 Å². The topological polar surface area (TPSA) is 90.4 Å². The summed E-state index contributed by atoms with van der Waals surface area (Å²) in [5, 5.41) is 7.02. The van der Waals surface area contributed by atoms with Crippen molar-refractivity contribution in [2.24, 2.45) is 0 Å². The number of ether oxygens (including phenoxy) is 1. The van der Waals surface area contributed by atoms with Crippen molar-refractivity contribution in [2.45, 2.75) is 20.3 Å². The van der Waals surface area contributed by atoms with Crippen LogP contribution in [0.2, 0.25) is 5.02 Å². The maximum Gasteiger partial charge on any atom is 0.255 e. The van der Waals surface area contributed by atoms with Crippen LogP contribution in [0.4, 0.5) is 5.69 Å². The summed E-state index contributed by atoms with van der Waals surface area (Å²) in [6, 6.07) is 3.03. The first kappa shape index (κ1) is 19.1. The number of nitrogens with one attached hydrogen (secondary N) is 1. The average Bonchev–Trinajstić information content (AvgIpc) is 2.81. The van der Waals surface area contributed by atoms with Crippen LogP contribution in [0, 0.1) is 13.8 Å². The SMILES string of the molecule is COc1cc(N)c(Cl)cc1C(=O)NCCc1c(C)noc1C.Cl.